The van der Waals surface area contributed by atoms with Crippen molar-refractivity contribution in [2.75, 3.05) is 37.8 Å². The van der Waals surface area contributed by atoms with Crippen molar-refractivity contribution in [3.8, 4) is 11.4 Å². The lowest BCUT2D eigenvalue weighted by Gasteiger charge is -2.28. The topological polar surface area (TPSA) is 116 Å². The number of morpholine rings is 1. The molecule has 5 rings (SSSR count). The first kappa shape index (κ1) is 18.9. The van der Waals surface area contributed by atoms with E-state index in [1.54, 1.807) is 17.5 Å². The van der Waals surface area contributed by atoms with Gasteiger partial charge >= 0.3 is 0 Å². The van der Waals surface area contributed by atoms with Gasteiger partial charge in [-0.25, -0.2) is 9.97 Å². The van der Waals surface area contributed by atoms with Crippen LogP contribution in [-0.2, 0) is 16.1 Å². The van der Waals surface area contributed by atoms with Crippen molar-refractivity contribution in [1.29, 1.82) is 0 Å². The van der Waals surface area contributed by atoms with Crippen molar-refractivity contribution in [2.45, 2.75) is 6.54 Å². The molecule has 0 spiro atoms. The number of nitrogens with one attached hydrogen (secondary N) is 2. The van der Waals surface area contributed by atoms with Gasteiger partial charge in [-0.2, -0.15) is 5.10 Å². The number of aliphatic hydroxyl groups excluding tert-OH is 1. The maximum atomic E-state index is 11.4. The molecule has 10 heteroatoms. The summed E-state index contributed by atoms with van der Waals surface area (Å²) in [7, 11) is 0. The van der Waals surface area contributed by atoms with Gasteiger partial charge in [-0.15, -0.1) is 11.3 Å². The quantitative estimate of drug-likeness (QED) is 0.446. The van der Waals surface area contributed by atoms with Crippen LogP contribution in [0.4, 0.5) is 5.82 Å². The minimum Gasteiger partial charge on any atom is -0.387 e. The largest absolute Gasteiger partial charge is 0.387 e. The molecule has 4 aromatic rings. The summed E-state index contributed by atoms with van der Waals surface area (Å²) in [5.41, 5.74) is 2.68. The zero-order chi connectivity index (χ0) is 20.5. The first-order chi connectivity index (χ1) is 14.7. The molecule has 1 amide bonds. The maximum Gasteiger partial charge on any atom is 0.246 e. The standard InChI is InChI=1S/C20H20N6O3S/c27-11-17(28)21-9-12-8-16-18(30-12)20(26-4-6-29-7-5-26)24-19(23-16)13-2-1-3-15-14(13)10-22-25-15/h1-3,8,10,27H,4-7,9,11H2,(H,21,28)(H,22,25). The third-order valence-electron chi connectivity index (χ3n) is 5.04. The van der Waals surface area contributed by atoms with E-state index in [1.165, 1.54) is 0 Å². The number of benzene rings is 1. The van der Waals surface area contributed by atoms with Crippen molar-refractivity contribution in [3.63, 3.8) is 0 Å². The molecule has 1 aliphatic rings. The van der Waals surface area contributed by atoms with Crippen LogP contribution >= 0.6 is 11.3 Å². The Balaban J connectivity index is 1.63. The molecule has 4 heterocycles. The number of carbonyl (C=O) groups is 1. The number of amides is 1. The number of hydrogen-bond donors (Lipinski definition) is 3. The minimum atomic E-state index is -0.525. The van der Waals surface area contributed by atoms with Crippen LogP contribution in [0.2, 0.25) is 0 Å². The second kappa shape index (κ2) is 7.98. The Morgan fingerprint density at radius 1 is 1.30 bits per heavy atom. The molecular weight excluding hydrogens is 404 g/mol. The second-order valence-corrected chi connectivity index (χ2v) is 8.11. The van der Waals surface area contributed by atoms with Gasteiger partial charge in [0.25, 0.3) is 0 Å². The van der Waals surface area contributed by atoms with Crippen LogP contribution in [-0.4, -0.2) is 64.1 Å². The van der Waals surface area contributed by atoms with Gasteiger partial charge in [0.05, 0.1) is 41.7 Å². The number of anilines is 1. The summed E-state index contributed by atoms with van der Waals surface area (Å²) in [6.07, 6.45) is 1.79. The van der Waals surface area contributed by atoms with Crippen molar-refractivity contribution in [3.05, 3.63) is 35.3 Å². The van der Waals surface area contributed by atoms with Gasteiger partial charge in [-0.3, -0.25) is 9.89 Å². The SMILES string of the molecule is O=C(CO)NCc1cc2nc(-c3cccc4[nH]ncc34)nc(N3CCOCC3)c2s1. The van der Waals surface area contributed by atoms with E-state index >= 15 is 0 Å². The lowest BCUT2D eigenvalue weighted by molar-refractivity contribution is -0.123. The molecule has 1 aromatic carbocycles. The number of thiophene rings is 1. The number of ether oxygens (including phenoxy) is 1. The molecule has 9 nitrogen and oxygen atoms in total. The Morgan fingerprint density at radius 3 is 3.00 bits per heavy atom. The maximum absolute atomic E-state index is 11.4. The van der Waals surface area contributed by atoms with Gasteiger partial charge in [-0.1, -0.05) is 12.1 Å². The molecule has 0 unspecified atom stereocenters. The molecule has 0 saturated carbocycles. The highest BCUT2D eigenvalue weighted by molar-refractivity contribution is 7.19. The Morgan fingerprint density at radius 2 is 2.17 bits per heavy atom. The Hall–Kier alpha value is -3.08. The van der Waals surface area contributed by atoms with Gasteiger partial charge in [0.1, 0.15) is 6.61 Å². The third kappa shape index (κ3) is 3.49. The molecule has 0 aliphatic carbocycles. The summed E-state index contributed by atoms with van der Waals surface area (Å²) < 4.78 is 6.49. The van der Waals surface area contributed by atoms with Crippen molar-refractivity contribution >= 4 is 44.2 Å². The molecule has 154 valence electrons. The molecule has 1 saturated heterocycles. The predicted octanol–water partition coefficient (Wildman–Crippen LogP) is 1.68. The molecule has 3 aromatic heterocycles. The Bertz CT molecular complexity index is 1210. The monoisotopic (exact) mass is 424 g/mol. The van der Waals surface area contributed by atoms with E-state index in [4.69, 9.17) is 19.8 Å². The second-order valence-electron chi connectivity index (χ2n) is 6.97. The molecule has 0 atom stereocenters. The van der Waals surface area contributed by atoms with Gasteiger partial charge in [0.2, 0.25) is 5.91 Å². The van der Waals surface area contributed by atoms with Crippen molar-refractivity contribution in [1.82, 2.24) is 25.5 Å². The molecular formula is C20H20N6O3S. The van der Waals surface area contributed by atoms with E-state index in [0.29, 0.717) is 25.6 Å². The fraction of sp³-hybridized carbons (Fsp3) is 0.300. The van der Waals surface area contributed by atoms with E-state index in [-0.39, 0.29) is 0 Å². The normalized spacial score (nSPS) is 14.5. The Kier molecular flexibility index (Phi) is 5.03. The average molecular weight is 424 g/mol. The molecule has 30 heavy (non-hydrogen) atoms. The number of aromatic nitrogens is 4. The van der Waals surface area contributed by atoms with Crippen molar-refractivity contribution in [2.24, 2.45) is 0 Å². The fourth-order valence-corrected chi connectivity index (χ4v) is 4.62. The van der Waals surface area contributed by atoms with Gasteiger partial charge in [0.15, 0.2) is 11.6 Å². The van der Waals surface area contributed by atoms with Gasteiger partial charge < -0.3 is 20.1 Å². The van der Waals surface area contributed by atoms with Crippen LogP contribution in [0.1, 0.15) is 4.88 Å². The highest BCUT2D eigenvalue weighted by Gasteiger charge is 2.21. The van der Waals surface area contributed by atoms with E-state index in [0.717, 1.165) is 50.5 Å². The molecule has 1 aliphatic heterocycles. The number of rotatable bonds is 5. The van der Waals surface area contributed by atoms with E-state index in [2.05, 4.69) is 20.4 Å². The highest BCUT2D eigenvalue weighted by atomic mass is 32.1. The highest BCUT2D eigenvalue weighted by Crippen LogP contribution is 2.35. The molecule has 0 radical (unpaired) electrons. The number of fused-ring (bicyclic) bond motifs is 2. The number of H-pyrrole nitrogens is 1. The summed E-state index contributed by atoms with van der Waals surface area (Å²) in [5.74, 6) is 1.11. The van der Waals surface area contributed by atoms with Crippen LogP contribution in [0.3, 0.4) is 0 Å². The first-order valence-electron chi connectivity index (χ1n) is 9.66. The smallest absolute Gasteiger partial charge is 0.246 e. The number of nitrogens with zero attached hydrogens (tertiary/aromatic N) is 4. The predicted molar refractivity (Wildman–Crippen MR) is 114 cm³/mol. The van der Waals surface area contributed by atoms with Crippen LogP contribution < -0.4 is 10.2 Å². The summed E-state index contributed by atoms with van der Waals surface area (Å²) in [6.45, 7) is 2.65. The van der Waals surface area contributed by atoms with E-state index < -0.39 is 12.5 Å². The third-order valence-corrected chi connectivity index (χ3v) is 6.16. The fourth-order valence-electron chi connectivity index (χ4n) is 3.57. The van der Waals surface area contributed by atoms with Gasteiger partial charge in [-0.05, 0) is 12.1 Å². The number of hydrogen-bond acceptors (Lipinski definition) is 8. The summed E-state index contributed by atoms with van der Waals surface area (Å²) >= 11 is 1.56. The summed E-state index contributed by atoms with van der Waals surface area (Å²) in [4.78, 5) is 24.4. The first-order valence-corrected chi connectivity index (χ1v) is 10.5. The van der Waals surface area contributed by atoms with E-state index in [1.807, 2.05) is 24.3 Å². The van der Waals surface area contributed by atoms with Crippen LogP contribution in [0.15, 0.2) is 30.5 Å². The Labute approximate surface area is 175 Å². The van der Waals surface area contributed by atoms with E-state index in [9.17, 15) is 4.79 Å². The number of carbonyl (C=O) groups excluding carboxylic acids is 1. The zero-order valence-electron chi connectivity index (χ0n) is 16.1. The minimum absolute atomic E-state index is 0.343. The lowest BCUT2D eigenvalue weighted by atomic mass is 10.1. The van der Waals surface area contributed by atoms with Crippen LogP contribution in [0, 0.1) is 0 Å². The number of aliphatic hydroxyl groups is 1. The molecule has 1 fully saturated rings. The van der Waals surface area contributed by atoms with Crippen LogP contribution in [0.25, 0.3) is 32.5 Å². The summed E-state index contributed by atoms with van der Waals surface area (Å²) in [5, 5.41) is 19.8. The number of aromatic amines is 1. The lowest BCUT2D eigenvalue weighted by Crippen LogP contribution is -2.36. The van der Waals surface area contributed by atoms with Crippen molar-refractivity contribution < 1.29 is 14.6 Å². The molecule has 3 N–H and O–H groups in total. The zero-order valence-corrected chi connectivity index (χ0v) is 16.9. The van der Waals surface area contributed by atoms with Crippen LogP contribution in [0.5, 0.6) is 0 Å². The summed E-state index contributed by atoms with van der Waals surface area (Å²) in [6, 6.07) is 7.90. The average Bonchev–Trinajstić information content (AvgIpc) is 3.43. The van der Waals surface area contributed by atoms with Gasteiger partial charge in [0, 0.05) is 28.9 Å². The molecule has 0 bridgehead atoms.